The Hall–Kier alpha value is -2.49. The number of hydrogen-bond acceptors (Lipinski definition) is 3. The van der Waals surface area contributed by atoms with Crippen LogP contribution < -0.4 is 9.47 Å². The van der Waals surface area contributed by atoms with Crippen molar-refractivity contribution in [2.75, 3.05) is 13.7 Å². The molecule has 166 valence electrons. The Kier molecular flexibility index (Phi) is 3.88. The summed E-state index contributed by atoms with van der Waals surface area (Å²) < 4.78 is 11.5. The minimum absolute atomic E-state index is 0.159. The van der Waals surface area contributed by atoms with Gasteiger partial charge in [-0.3, -0.25) is 0 Å². The largest absolute Gasteiger partial charge is 0.497 e. The van der Waals surface area contributed by atoms with E-state index in [0.29, 0.717) is 29.0 Å². The molecule has 1 saturated heterocycles. The Balaban J connectivity index is 1.31. The molecule has 4 nitrogen and oxygen atoms in total. The van der Waals surface area contributed by atoms with Gasteiger partial charge in [0.25, 0.3) is 0 Å². The van der Waals surface area contributed by atoms with Gasteiger partial charge in [0.15, 0.2) is 0 Å². The Morgan fingerprint density at radius 1 is 1.06 bits per heavy atom. The minimum Gasteiger partial charge on any atom is -0.497 e. The molecule has 4 heteroatoms. The molecule has 1 amide bonds. The number of amides is 1. The van der Waals surface area contributed by atoms with Crippen molar-refractivity contribution in [2.45, 2.75) is 56.4 Å². The number of carbonyl (C=O) groups is 1. The number of benzene rings is 2. The predicted octanol–water partition coefficient (Wildman–Crippen LogP) is 5.59. The van der Waals surface area contributed by atoms with E-state index in [2.05, 4.69) is 23.1 Å². The third-order valence-corrected chi connectivity index (χ3v) is 10.1. The standard InChI is InChI=1S/C28H31NO3/c1-31-22-10-9-18-14-20-6-5-12-28(23(18)15-22)25-19-16-27(20,28)13-11-24(25)29(17-19)26(30)32-21-7-3-2-4-8-21/h2-4,7-10,15,19-20,24-25H,5-6,11-14,16-17H2,1H3/t19-,20?,24?,25?,27?,28?/m1/s1. The molecular weight excluding hydrogens is 398 g/mol. The number of likely N-dealkylation sites (tertiary alicyclic amines) is 1. The van der Waals surface area contributed by atoms with Crippen LogP contribution in [0.2, 0.25) is 0 Å². The summed E-state index contributed by atoms with van der Waals surface area (Å²) >= 11 is 0. The summed E-state index contributed by atoms with van der Waals surface area (Å²) in [6, 6.07) is 16.7. The minimum atomic E-state index is -0.159. The Labute approximate surface area is 189 Å². The van der Waals surface area contributed by atoms with E-state index in [-0.39, 0.29) is 11.5 Å². The number of fused-ring (bicyclic) bond motifs is 1. The first kappa shape index (κ1) is 19.0. The third kappa shape index (κ3) is 2.21. The predicted molar refractivity (Wildman–Crippen MR) is 122 cm³/mol. The molecule has 6 atom stereocenters. The second-order valence-corrected chi connectivity index (χ2v) is 10.9. The van der Waals surface area contributed by atoms with Gasteiger partial charge in [-0.2, -0.15) is 0 Å². The highest BCUT2D eigenvalue weighted by atomic mass is 16.6. The van der Waals surface area contributed by atoms with Crippen molar-refractivity contribution in [3.8, 4) is 11.5 Å². The van der Waals surface area contributed by atoms with Crippen LogP contribution in [-0.2, 0) is 11.8 Å². The van der Waals surface area contributed by atoms with E-state index >= 15 is 0 Å². The molecule has 2 aromatic rings. The van der Waals surface area contributed by atoms with Gasteiger partial charge in [-0.05, 0) is 97.1 Å². The first-order valence-electron chi connectivity index (χ1n) is 12.4. The van der Waals surface area contributed by atoms with Gasteiger partial charge >= 0.3 is 6.09 Å². The summed E-state index contributed by atoms with van der Waals surface area (Å²) in [7, 11) is 1.78. The van der Waals surface area contributed by atoms with Crippen LogP contribution in [0.1, 0.15) is 49.7 Å². The third-order valence-electron chi connectivity index (χ3n) is 10.1. The van der Waals surface area contributed by atoms with Crippen molar-refractivity contribution in [1.82, 2.24) is 4.90 Å². The zero-order valence-electron chi connectivity index (χ0n) is 18.8. The highest BCUT2D eigenvalue weighted by Gasteiger charge is 2.75. The van der Waals surface area contributed by atoms with Crippen molar-refractivity contribution in [3.05, 3.63) is 59.7 Å². The summed E-state index contributed by atoms with van der Waals surface area (Å²) in [5.41, 5.74) is 3.72. The number of hydrogen-bond donors (Lipinski definition) is 0. The fourth-order valence-corrected chi connectivity index (χ4v) is 9.31. The molecule has 5 aliphatic rings. The van der Waals surface area contributed by atoms with E-state index in [1.807, 2.05) is 30.3 Å². The van der Waals surface area contributed by atoms with Gasteiger partial charge in [-0.15, -0.1) is 0 Å². The molecule has 4 aliphatic carbocycles. The molecule has 0 N–H and O–H groups in total. The van der Waals surface area contributed by atoms with E-state index < -0.39 is 0 Å². The van der Waals surface area contributed by atoms with E-state index in [4.69, 9.17) is 9.47 Å². The van der Waals surface area contributed by atoms with Crippen LogP contribution in [0.3, 0.4) is 0 Å². The van der Waals surface area contributed by atoms with Crippen LogP contribution in [0, 0.1) is 23.2 Å². The Morgan fingerprint density at radius 2 is 1.94 bits per heavy atom. The molecule has 3 saturated carbocycles. The molecule has 0 spiro atoms. The lowest BCUT2D eigenvalue weighted by atomic mass is 9.41. The molecule has 7 rings (SSSR count). The SMILES string of the molecule is COc1ccc2c(c1)C13CCCC(C2)C12CCC1C3[C@@H](CN1C(=O)Oc1ccccc1)C2. The van der Waals surface area contributed by atoms with Gasteiger partial charge in [0.2, 0.25) is 0 Å². The molecule has 1 heterocycles. The first-order valence-corrected chi connectivity index (χ1v) is 12.4. The lowest BCUT2D eigenvalue weighted by Crippen LogP contribution is -2.62. The second-order valence-electron chi connectivity index (χ2n) is 10.9. The zero-order chi connectivity index (χ0) is 21.5. The van der Waals surface area contributed by atoms with Crippen LogP contribution >= 0.6 is 0 Å². The molecular formula is C28H31NO3. The Bertz CT molecular complexity index is 1080. The number of nitrogens with zero attached hydrogens (tertiary/aromatic N) is 1. The number of rotatable bonds is 2. The summed E-state index contributed by atoms with van der Waals surface area (Å²) in [5.74, 6) is 3.56. The van der Waals surface area contributed by atoms with Gasteiger partial charge < -0.3 is 14.4 Å². The van der Waals surface area contributed by atoms with Crippen molar-refractivity contribution in [3.63, 3.8) is 0 Å². The van der Waals surface area contributed by atoms with Gasteiger partial charge in [0.05, 0.1) is 7.11 Å². The number of ether oxygens (including phenoxy) is 2. The molecule has 32 heavy (non-hydrogen) atoms. The van der Waals surface area contributed by atoms with Gasteiger partial charge in [-0.25, -0.2) is 4.79 Å². The molecule has 1 aliphatic heterocycles. The van der Waals surface area contributed by atoms with E-state index in [1.54, 1.807) is 12.7 Å². The average molecular weight is 430 g/mol. The molecule has 0 radical (unpaired) electrons. The summed E-state index contributed by atoms with van der Waals surface area (Å²) in [6.45, 7) is 0.858. The van der Waals surface area contributed by atoms with Crippen molar-refractivity contribution >= 4 is 6.09 Å². The molecule has 0 aromatic heterocycles. The molecule has 4 fully saturated rings. The van der Waals surface area contributed by atoms with Crippen molar-refractivity contribution in [1.29, 1.82) is 0 Å². The maximum Gasteiger partial charge on any atom is 0.415 e. The van der Waals surface area contributed by atoms with Crippen molar-refractivity contribution < 1.29 is 14.3 Å². The number of methoxy groups -OCH3 is 1. The van der Waals surface area contributed by atoms with E-state index in [1.165, 1.54) is 44.1 Å². The summed E-state index contributed by atoms with van der Waals surface area (Å²) in [4.78, 5) is 15.4. The summed E-state index contributed by atoms with van der Waals surface area (Å²) in [5, 5.41) is 0. The van der Waals surface area contributed by atoms with E-state index in [0.717, 1.165) is 24.6 Å². The lowest BCUT2D eigenvalue weighted by Gasteiger charge is -2.64. The van der Waals surface area contributed by atoms with Crippen LogP contribution in [-0.4, -0.2) is 30.7 Å². The quantitative estimate of drug-likeness (QED) is 0.625. The monoisotopic (exact) mass is 429 g/mol. The fraction of sp³-hybridized carbons (Fsp3) is 0.536. The van der Waals surface area contributed by atoms with Crippen LogP contribution in [0.15, 0.2) is 48.5 Å². The van der Waals surface area contributed by atoms with Crippen LogP contribution in [0.4, 0.5) is 4.79 Å². The van der Waals surface area contributed by atoms with Crippen LogP contribution in [0.25, 0.3) is 0 Å². The molecule has 5 unspecified atom stereocenters. The fourth-order valence-electron chi connectivity index (χ4n) is 9.31. The Morgan fingerprint density at radius 3 is 2.78 bits per heavy atom. The smallest absolute Gasteiger partial charge is 0.415 e. The maximum atomic E-state index is 13.3. The first-order chi connectivity index (χ1) is 15.7. The highest BCUT2D eigenvalue weighted by Crippen LogP contribution is 2.77. The van der Waals surface area contributed by atoms with Crippen molar-refractivity contribution in [2.24, 2.45) is 23.2 Å². The number of carbonyl (C=O) groups excluding carboxylic acids is 1. The molecule has 4 bridgehead atoms. The van der Waals surface area contributed by atoms with Gasteiger partial charge in [0, 0.05) is 18.0 Å². The normalized spacial score (nSPS) is 38.1. The van der Waals surface area contributed by atoms with Gasteiger partial charge in [0.1, 0.15) is 11.5 Å². The maximum absolute atomic E-state index is 13.3. The average Bonchev–Trinajstić information content (AvgIpc) is 3.26. The topological polar surface area (TPSA) is 38.8 Å². The molecule has 2 aromatic carbocycles. The summed E-state index contributed by atoms with van der Waals surface area (Å²) in [6.07, 6.45) is 8.68. The van der Waals surface area contributed by atoms with Crippen LogP contribution in [0.5, 0.6) is 11.5 Å². The lowest BCUT2D eigenvalue weighted by molar-refractivity contribution is -0.0675. The van der Waals surface area contributed by atoms with Gasteiger partial charge in [-0.1, -0.05) is 30.7 Å². The zero-order valence-corrected chi connectivity index (χ0v) is 18.8. The second kappa shape index (κ2) is 6.52. The van der Waals surface area contributed by atoms with E-state index in [9.17, 15) is 4.79 Å². The highest BCUT2D eigenvalue weighted by molar-refractivity contribution is 5.72. The number of para-hydroxylation sites is 1.